The van der Waals surface area contributed by atoms with E-state index in [4.69, 9.17) is 17.0 Å². The Balaban J connectivity index is 1.46. The summed E-state index contributed by atoms with van der Waals surface area (Å²) in [6.45, 7) is 0.0990. The molecule has 2 atom stereocenters. The van der Waals surface area contributed by atoms with Gasteiger partial charge >= 0.3 is 5.97 Å². The Hall–Kier alpha value is -4.19. The molecule has 1 aliphatic rings. The minimum Gasteiger partial charge on any atom is -0.480 e. The van der Waals surface area contributed by atoms with E-state index >= 15 is 0 Å². The number of carboxylic acids is 1. The number of carboxylic acid groups (broad SMARTS) is 1. The first-order valence-electron chi connectivity index (χ1n) is 13.3. The number of benzene rings is 3. The molecule has 218 valence electrons. The lowest BCUT2D eigenvalue weighted by Crippen LogP contribution is -2.58. The lowest BCUT2D eigenvalue weighted by Gasteiger charge is -2.36. The number of piperazine rings is 1. The topological polar surface area (TPSA) is 147 Å². The molecule has 12 heteroatoms. The van der Waals surface area contributed by atoms with Crippen LogP contribution in [0.25, 0.3) is 10.9 Å². The Morgan fingerprint density at radius 3 is 2.52 bits per heavy atom. The van der Waals surface area contributed by atoms with Crippen molar-refractivity contribution >= 4 is 50.1 Å². The summed E-state index contributed by atoms with van der Waals surface area (Å²) in [5.41, 5.74) is 2.66. The minimum atomic E-state index is -4.20. The highest BCUT2D eigenvalue weighted by Gasteiger charge is 2.41. The van der Waals surface area contributed by atoms with Gasteiger partial charge in [-0.25, -0.2) is 13.2 Å². The molecule has 4 aromatic rings. The number of hydrogen-bond acceptors (Lipinski definition) is 6. The third-order valence-electron chi connectivity index (χ3n) is 7.32. The molecule has 4 N–H and O–H groups in total. The fourth-order valence-electron chi connectivity index (χ4n) is 5.10. The standard InChI is InChI=1S/C30H30ClN5O5S/c1-35(14-13-19-5-3-2-4-6-19)28(32)20-7-9-21(10-8-20)29(36-17-25(30(38)39)33-26(37)18-36)42(40,41)27-16-22-15-23(31)11-12-24(22)34-27/h2-12,15-16,25,29,32,34H,13-14,17-18H2,1H3,(H,33,37)(H,38,39)/t25-,29?/m1/s1. The SMILES string of the molecule is CN(CCc1ccccc1)C(=N)c1ccc(C(N2CC(=O)N[C@@H](C(=O)O)C2)S(=O)(=O)c2cc3cc(Cl)ccc3[nH]2)cc1. The van der Waals surface area contributed by atoms with Gasteiger partial charge in [0, 0.05) is 41.6 Å². The maximum Gasteiger partial charge on any atom is 0.327 e. The lowest BCUT2D eigenvalue weighted by molar-refractivity contribution is -0.145. The molecule has 10 nitrogen and oxygen atoms in total. The molecule has 2 heterocycles. The molecule has 1 aliphatic heterocycles. The predicted octanol–water partition coefficient (Wildman–Crippen LogP) is 3.68. The second-order valence-corrected chi connectivity index (χ2v) is 12.7. The van der Waals surface area contributed by atoms with E-state index in [0.29, 0.717) is 33.6 Å². The number of nitrogens with one attached hydrogen (secondary N) is 3. The third-order valence-corrected chi connectivity index (χ3v) is 9.54. The van der Waals surface area contributed by atoms with Crippen molar-refractivity contribution in [3.8, 4) is 0 Å². The van der Waals surface area contributed by atoms with Crippen LogP contribution in [-0.2, 0) is 25.8 Å². The fraction of sp³-hybridized carbons (Fsp3) is 0.233. The van der Waals surface area contributed by atoms with Gasteiger partial charge in [0.05, 0.1) is 6.54 Å². The van der Waals surface area contributed by atoms with Crippen LogP contribution in [0.3, 0.4) is 0 Å². The van der Waals surface area contributed by atoms with Crippen LogP contribution < -0.4 is 5.32 Å². The Morgan fingerprint density at radius 2 is 1.83 bits per heavy atom. The van der Waals surface area contributed by atoms with Gasteiger partial charge < -0.3 is 20.3 Å². The van der Waals surface area contributed by atoms with Gasteiger partial charge in [-0.2, -0.15) is 0 Å². The summed E-state index contributed by atoms with van der Waals surface area (Å²) in [4.78, 5) is 30.4. The summed E-state index contributed by atoms with van der Waals surface area (Å²) < 4.78 is 28.4. The van der Waals surface area contributed by atoms with Crippen molar-refractivity contribution in [1.82, 2.24) is 20.1 Å². The maximum absolute atomic E-state index is 14.2. The van der Waals surface area contributed by atoms with Crippen molar-refractivity contribution < 1.29 is 23.1 Å². The Labute approximate surface area is 248 Å². The molecule has 1 unspecified atom stereocenters. The summed E-state index contributed by atoms with van der Waals surface area (Å²) >= 11 is 6.11. The second kappa shape index (κ2) is 12.0. The predicted molar refractivity (Wildman–Crippen MR) is 160 cm³/mol. The fourth-order valence-corrected chi connectivity index (χ4v) is 7.14. The molecule has 0 bridgehead atoms. The monoisotopic (exact) mass is 607 g/mol. The highest BCUT2D eigenvalue weighted by Crippen LogP contribution is 2.35. The van der Waals surface area contributed by atoms with Crippen LogP contribution in [0.2, 0.25) is 5.02 Å². The number of amidine groups is 1. The molecule has 0 aliphatic carbocycles. The number of aromatic nitrogens is 1. The lowest BCUT2D eigenvalue weighted by atomic mass is 10.1. The molecular weight excluding hydrogens is 578 g/mol. The highest BCUT2D eigenvalue weighted by atomic mass is 35.5. The first-order chi connectivity index (χ1) is 20.0. The van der Waals surface area contributed by atoms with Gasteiger partial charge in [0.15, 0.2) is 0 Å². The van der Waals surface area contributed by atoms with Crippen molar-refractivity contribution in [1.29, 1.82) is 5.41 Å². The third kappa shape index (κ3) is 6.18. The number of halogens is 1. The molecule has 3 aromatic carbocycles. The van der Waals surface area contributed by atoms with E-state index in [9.17, 15) is 23.1 Å². The van der Waals surface area contributed by atoms with Crippen molar-refractivity contribution in [2.75, 3.05) is 26.7 Å². The second-order valence-electron chi connectivity index (χ2n) is 10.3. The van der Waals surface area contributed by atoms with Crippen molar-refractivity contribution in [3.05, 3.63) is 101 Å². The summed E-state index contributed by atoms with van der Waals surface area (Å²) in [6, 6.07) is 21.7. The molecule has 1 fully saturated rings. The van der Waals surface area contributed by atoms with Crippen LogP contribution >= 0.6 is 11.6 Å². The summed E-state index contributed by atoms with van der Waals surface area (Å²) in [6.07, 6.45) is 0.760. The zero-order chi connectivity index (χ0) is 30.0. The number of rotatable bonds is 9. The normalized spacial score (nSPS) is 16.6. The number of sulfone groups is 1. The van der Waals surface area contributed by atoms with Crippen LogP contribution in [-0.4, -0.2) is 78.7 Å². The maximum atomic E-state index is 14.2. The smallest absolute Gasteiger partial charge is 0.327 e. The van der Waals surface area contributed by atoms with Crippen LogP contribution in [0.5, 0.6) is 0 Å². The quantitative estimate of drug-likeness (QED) is 0.168. The molecule has 1 amide bonds. The van der Waals surface area contributed by atoms with E-state index in [1.165, 1.54) is 11.0 Å². The molecule has 1 aromatic heterocycles. The summed E-state index contributed by atoms with van der Waals surface area (Å²) in [5.74, 6) is -1.57. The number of nitrogens with zero attached hydrogens (tertiary/aromatic N) is 2. The number of carbonyl (C=O) groups is 2. The van der Waals surface area contributed by atoms with E-state index in [0.717, 1.165) is 12.0 Å². The number of H-pyrrole nitrogens is 1. The first kappa shape index (κ1) is 29.3. The van der Waals surface area contributed by atoms with Gasteiger partial charge in [0.2, 0.25) is 15.7 Å². The van der Waals surface area contributed by atoms with Crippen LogP contribution in [0.15, 0.2) is 83.9 Å². The summed E-state index contributed by atoms with van der Waals surface area (Å²) in [7, 11) is -2.37. The van der Waals surface area contributed by atoms with Crippen molar-refractivity contribution in [3.63, 3.8) is 0 Å². The number of amides is 1. The zero-order valence-electron chi connectivity index (χ0n) is 22.7. The van der Waals surface area contributed by atoms with Gasteiger partial charge in [0.25, 0.3) is 0 Å². The highest BCUT2D eigenvalue weighted by molar-refractivity contribution is 7.91. The average Bonchev–Trinajstić information content (AvgIpc) is 3.40. The molecule has 42 heavy (non-hydrogen) atoms. The number of aliphatic carboxylic acids is 1. The van der Waals surface area contributed by atoms with Gasteiger partial charge in [0.1, 0.15) is 22.3 Å². The van der Waals surface area contributed by atoms with Gasteiger partial charge in [-0.1, -0.05) is 66.2 Å². The van der Waals surface area contributed by atoms with Gasteiger partial charge in [-0.3, -0.25) is 15.1 Å². The van der Waals surface area contributed by atoms with E-state index < -0.39 is 33.1 Å². The van der Waals surface area contributed by atoms with Gasteiger partial charge in [-0.15, -0.1) is 0 Å². The van der Waals surface area contributed by atoms with E-state index in [-0.39, 0.29) is 24.0 Å². The Bertz CT molecular complexity index is 1740. The van der Waals surface area contributed by atoms with E-state index in [1.54, 1.807) is 42.5 Å². The first-order valence-corrected chi connectivity index (χ1v) is 15.2. The van der Waals surface area contributed by atoms with Gasteiger partial charge in [-0.05, 0) is 41.8 Å². The number of carbonyl (C=O) groups excluding carboxylic acids is 1. The van der Waals surface area contributed by atoms with Crippen LogP contribution in [0.4, 0.5) is 0 Å². The average molecular weight is 608 g/mol. The van der Waals surface area contributed by atoms with Crippen LogP contribution in [0.1, 0.15) is 22.1 Å². The number of hydrogen-bond donors (Lipinski definition) is 4. The van der Waals surface area contributed by atoms with E-state index in [1.807, 2.05) is 42.3 Å². The largest absolute Gasteiger partial charge is 0.480 e. The number of likely N-dealkylation sites (N-methyl/N-ethyl adjacent to an activating group) is 1. The molecule has 0 radical (unpaired) electrons. The number of fused-ring (bicyclic) bond motifs is 1. The molecule has 5 rings (SSSR count). The van der Waals surface area contributed by atoms with Crippen LogP contribution in [0, 0.1) is 5.41 Å². The molecular formula is C30H30ClN5O5S. The van der Waals surface area contributed by atoms with Crippen molar-refractivity contribution in [2.45, 2.75) is 22.9 Å². The number of aromatic amines is 1. The Kier molecular flexibility index (Phi) is 8.35. The molecule has 0 saturated carbocycles. The summed E-state index contributed by atoms with van der Waals surface area (Å²) in [5, 5.41) is 20.3. The Morgan fingerprint density at radius 1 is 1.12 bits per heavy atom. The minimum absolute atomic E-state index is 0.0833. The van der Waals surface area contributed by atoms with E-state index in [2.05, 4.69) is 10.3 Å². The molecule has 1 saturated heterocycles. The molecule has 0 spiro atoms. The van der Waals surface area contributed by atoms with Crippen molar-refractivity contribution in [2.24, 2.45) is 0 Å². The zero-order valence-corrected chi connectivity index (χ0v) is 24.3.